The molecule has 2 rings (SSSR count). The maximum Gasteiger partial charge on any atom is 0.250 e. The molecular weight excluding hydrogens is 306 g/mol. The van der Waals surface area contributed by atoms with Crippen molar-refractivity contribution in [3.8, 4) is 0 Å². The lowest BCUT2D eigenvalue weighted by Crippen LogP contribution is -2.18. The van der Waals surface area contributed by atoms with E-state index in [0.717, 1.165) is 15.7 Å². The third kappa shape index (κ3) is 4.85. The molecule has 4 heteroatoms. The van der Waals surface area contributed by atoms with E-state index < -0.39 is 0 Å². The van der Waals surface area contributed by atoms with Gasteiger partial charge < -0.3 is 10.1 Å². The molecule has 19 heavy (non-hydrogen) atoms. The molecular formula is C15H14BrNO2. The maximum absolute atomic E-state index is 11.6. The van der Waals surface area contributed by atoms with Crippen molar-refractivity contribution in [3.63, 3.8) is 0 Å². The van der Waals surface area contributed by atoms with Crippen LogP contribution in [0, 0.1) is 0 Å². The van der Waals surface area contributed by atoms with E-state index in [1.165, 1.54) is 0 Å². The first-order valence-electron chi connectivity index (χ1n) is 5.91. The molecule has 0 aliphatic carbocycles. The number of benzene rings is 2. The number of nitrogens with one attached hydrogen (secondary N) is 1. The van der Waals surface area contributed by atoms with Crippen molar-refractivity contribution >= 4 is 27.5 Å². The first-order valence-corrected chi connectivity index (χ1v) is 6.70. The van der Waals surface area contributed by atoms with Crippen LogP contribution in [0.2, 0.25) is 0 Å². The molecule has 0 saturated carbocycles. The molecule has 2 aromatic carbocycles. The van der Waals surface area contributed by atoms with Gasteiger partial charge in [0.15, 0.2) is 0 Å². The summed E-state index contributed by atoms with van der Waals surface area (Å²) in [7, 11) is 0. The Morgan fingerprint density at radius 1 is 1.05 bits per heavy atom. The average Bonchev–Trinajstić information content (AvgIpc) is 2.43. The number of carbonyl (C=O) groups is 1. The van der Waals surface area contributed by atoms with Crippen LogP contribution in [0.5, 0.6) is 0 Å². The molecule has 98 valence electrons. The molecule has 0 saturated heterocycles. The van der Waals surface area contributed by atoms with Gasteiger partial charge in [-0.2, -0.15) is 0 Å². The quantitative estimate of drug-likeness (QED) is 0.914. The Bertz CT molecular complexity index is 526. The number of rotatable bonds is 5. The smallest absolute Gasteiger partial charge is 0.250 e. The molecule has 3 nitrogen and oxygen atoms in total. The molecule has 2 aromatic rings. The van der Waals surface area contributed by atoms with Crippen molar-refractivity contribution in [1.29, 1.82) is 0 Å². The number of ether oxygens (including phenoxy) is 1. The Kier molecular flexibility index (Phi) is 5.12. The molecule has 0 aromatic heterocycles. The van der Waals surface area contributed by atoms with Crippen molar-refractivity contribution < 1.29 is 9.53 Å². The van der Waals surface area contributed by atoms with Crippen molar-refractivity contribution in [2.45, 2.75) is 6.61 Å². The Balaban J connectivity index is 1.74. The summed E-state index contributed by atoms with van der Waals surface area (Å²) in [5.41, 5.74) is 1.82. The molecule has 0 unspecified atom stereocenters. The van der Waals surface area contributed by atoms with Gasteiger partial charge in [0.1, 0.15) is 6.61 Å². The molecule has 0 heterocycles. The van der Waals surface area contributed by atoms with Crippen molar-refractivity contribution in [3.05, 3.63) is 64.6 Å². The van der Waals surface area contributed by atoms with Gasteiger partial charge in [0, 0.05) is 10.2 Å². The Hall–Kier alpha value is -1.65. The lowest BCUT2D eigenvalue weighted by Gasteiger charge is -2.06. The van der Waals surface area contributed by atoms with Crippen LogP contribution in [0.15, 0.2) is 59.1 Å². The molecule has 0 bridgehead atoms. The standard InChI is InChI=1S/C15H14BrNO2/c16-13-6-8-14(9-7-13)17-15(18)11-19-10-12-4-2-1-3-5-12/h1-9H,10-11H2,(H,17,18). The summed E-state index contributed by atoms with van der Waals surface area (Å²) < 4.78 is 6.33. The fourth-order valence-electron chi connectivity index (χ4n) is 1.57. The van der Waals surface area contributed by atoms with Crippen molar-refractivity contribution in [1.82, 2.24) is 0 Å². The van der Waals surface area contributed by atoms with Crippen LogP contribution in [0.1, 0.15) is 5.56 Å². The van der Waals surface area contributed by atoms with Crippen LogP contribution < -0.4 is 5.32 Å². The van der Waals surface area contributed by atoms with Crippen LogP contribution in [-0.2, 0) is 16.1 Å². The van der Waals surface area contributed by atoms with Gasteiger partial charge in [0.05, 0.1) is 6.61 Å². The summed E-state index contributed by atoms with van der Waals surface area (Å²) in [4.78, 5) is 11.6. The Labute approximate surface area is 120 Å². The number of amides is 1. The molecule has 1 N–H and O–H groups in total. The second kappa shape index (κ2) is 7.07. The number of anilines is 1. The van der Waals surface area contributed by atoms with Crippen LogP contribution in [0.4, 0.5) is 5.69 Å². The van der Waals surface area contributed by atoms with Crippen LogP contribution in [0.3, 0.4) is 0 Å². The van der Waals surface area contributed by atoms with Gasteiger partial charge in [0.25, 0.3) is 0 Å². The van der Waals surface area contributed by atoms with E-state index in [0.29, 0.717) is 6.61 Å². The highest BCUT2D eigenvalue weighted by Gasteiger charge is 2.02. The minimum Gasteiger partial charge on any atom is -0.367 e. The SMILES string of the molecule is O=C(COCc1ccccc1)Nc1ccc(Br)cc1. The highest BCUT2D eigenvalue weighted by Crippen LogP contribution is 2.13. The Morgan fingerprint density at radius 2 is 1.74 bits per heavy atom. The fourth-order valence-corrected chi connectivity index (χ4v) is 1.83. The predicted molar refractivity (Wildman–Crippen MR) is 78.9 cm³/mol. The molecule has 1 amide bonds. The number of hydrogen-bond acceptors (Lipinski definition) is 2. The van der Waals surface area contributed by atoms with Gasteiger partial charge >= 0.3 is 0 Å². The lowest BCUT2D eigenvalue weighted by atomic mass is 10.2. The summed E-state index contributed by atoms with van der Waals surface area (Å²) in [6.07, 6.45) is 0. The number of halogens is 1. The fraction of sp³-hybridized carbons (Fsp3) is 0.133. The van der Waals surface area contributed by atoms with Crippen LogP contribution in [0.25, 0.3) is 0 Å². The summed E-state index contributed by atoms with van der Waals surface area (Å²) in [5, 5.41) is 2.77. The Morgan fingerprint density at radius 3 is 2.42 bits per heavy atom. The zero-order valence-electron chi connectivity index (χ0n) is 10.3. The number of hydrogen-bond donors (Lipinski definition) is 1. The minimum absolute atomic E-state index is 0.0466. The summed E-state index contributed by atoms with van der Waals surface area (Å²) in [6.45, 7) is 0.486. The topological polar surface area (TPSA) is 38.3 Å². The van der Waals surface area contributed by atoms with E-state index in [9.17, 15) is 4.79 Å². The third-order valence-corrected chi connectivity index (χ3v) is 3.00. The summed E-state index contributed by atoms with van der Waals surface area (Å²) >= 11 is 3.34. The van der Waals surface area contributed by atoms with E-state index >= 15 is 0 Å². The van der Waals surface area contributed by atoms with Crippen molar-refractivity contribution in [2.24, 2.45) is 0 Å². The highest BCUT2D eigenvalue weighted by molar-refractivity contribution is 9.10. The molecule has 0 atom stereocenters. The van der Waals surface area contributed by atoms with Crippen LogP contribution in [-0.4, -0.2) is 12.5 Å². The summed E-state index contributed by atoms with van der Waals surface area (Å²) in [5.74, 6) is -0.154. The molecule has 0 spiro atoms. The molecule has 0 radical (unpaired) electrons. The van der Waals surface area contributed by atoms with Gasteiger partial charge in [-0.05, 0) is 29.8 Å². The molecule has 0 aliphatic heterocycles. The highest BCUT2D eigenvalue weighted by atomic mass is 79.9. The second-order valence-electron chi connectivity index (χ2n) is 4.03. The van der Waals surface area contributed by atoms with Gasteiger partial charge in [-0.25, -0.2) is 0 Å². The van der Waals surface area contributed by atoms with Crippen LogP contribution >= 0.6 is 15.9 Å². The zero-order chi connectivity index (χ0) is 13.5. The third-order valence-electron chi connectivity index (χ3n) is 2.47. The molecule has 0 aliphatic rings. The first kappa shape index (κ1) is 13.8. The first-order chi connectivity index (χ1) is 9.24. The maximum atomic E-state index is 11.6. The average molecular weight is 320 g/mol. The minimum atomic E-state index is -0.154. The van der Waals surface area contributed by atoms with Crippen molar-refractivity contribution in [2.75, 3.05) is 11.9 Å². The second-order valence-corrected chi connectivity index (χ2v) is 4.95. The van der Waals surface area contributed by atoms with Gasteiger partial charge in [-0.1, -0.05) is 46.3 Å². The van der Waals surface area contributed by atoms with Gasteiger partial charge in [-0.3, -0.25) is 4.79 Å². The van der Waals surface area contributed by atoms with E-state index in [2.05, 4.69) is 21.2 Å². The number of carbonyl (C=O) groups excluding carboxylic acids is 1. The zero-order valence-corrected chi connectivity index (χ0v) is 11.9. The normalized spacial score (nSPS) is 10.2. The van der Waals surface area contributed by atoms with E-state index in [1.54, 1.807) is 0 Å². The lowest BCUT2D eigenvalue weighted by molar-refractivity contribution is -0.121. The van der Waals surface area contributed by atoms with Gasteiger partial charge in [-0.15, -0.1) is 0 Å². The predicted octanol–water partition coefficient (Wildman–Crippen LogP) is 3.60. The van der Waals surface area contributed by atoms with E-state index in [4.69, 9.17) is 4.74 Å². The summed E-state index contributed by atoms with van der Waals surface area (Å²) in [6, 6.07) is 17.2. The van der Waals surface area contributed by atoms with E-state index in [1.807, 2.05) is 54.6 Å². The monoisotopic (exact) mass is 319 g/mol. The largest absolute Gasteiger partial charge is 0.367 e. The van der Waals surface area contributed by atoms with E-state index in [-0.39, 0.29) is 12.5 Å². The molecule has 0 fully saturated rings. The van der Waals surface area contributed by atoms with Gasteiger partial charge in [0.2, 0.25) is 5.91 Å².